The Morgan fingerprint density at radius 3 is 2.30 bits per heavy atom. The lowest BCUT2D eigenvalue weighted by Crippen LogP contribution is -1.95. The number of hydrogen-bond acceptors (Lipinski definition) is 3. The molecule has 0 radical (unpaired) electrons. The largest absolute Gasteiger partial charge is 0.207 e. The minimum atomic E-state index is -0.338. The Bertz CT molecular complexity index is 1100. The fourth-order valence-electron chi connectivity index (χ4n) is 2.82. The van der Waals surface area contributed by atoms with E-state index in [-0.39, 0.29) is 11.6 Å². The van der Waals surface area contributed by atoms with E-state index in [0.717, 1.165) is 16.3 Å². The molecule has 4 aromatic rings. The summed E-state index contributed by atoms with van der Waals surface area (Å²) in [6.45, 7) is 0. The molecule has 1 heterocycles. The number of rotatable bonds is 4. The molecule has 0 amide bonds. The number of fused-ring (bicyclic) bond motifs is 1. The fraction of sp³-hybridized carbons (Fsp3) is 0.0476. The van der Waals surface area contributed by atoms with Gasteiger partial charge in [-0.1, -0.05) is 53.7 Å². The minimum absolute atomic E-state index is 0.301. The minimum Gasteiger partial charge on any atom is -0.207 e. The van der Waals surface area contributed by atoms with Gasteiger partial charge in [0.15, 0.2) is 0 Å². The highest BCUT2D eigenvalue weighted by atomic mass is 35.5. The van der Waals surface area contributed by atoms with E-state index < -0.39 is 0 Å². The summed E-state index contributed by atoms with van der Waals surface area (Å²) < 4.78 is 27.2. The van der Waals surface area contributed by atoms with Crippen molar-refractivity contribution in [2.45, 2.75) is 10.8 Å². The number of nitrogens with zero attached hydrogens (tertiary/aromatic N) is 2. The molecule has 134 valence electrons. The maximum atomic E-state index is 14.0. The molecule has 4 rings (SSSR count). The molecule has 2 nitrogen and oxygen atoms in total. The van der Waals surface area contributed by atoms with E-state index in [1.807, 2.05) is 24.3 Å². The van der Waals surface area contributed by atoms with Crippen LogP contribution in [0.3, 0.4) is 0 Å². The van der Waals surface area contributed by atoms with E-state index in [0.29, 0.717) is 27.1 Å². The first-order valence-electron chi connectivity index (χ1n) is 8.20. The molecule has 0 aliphatic rings. The van der Waals surface area contributed by atoms with Gasteiger partial charge in [0.1, 0.15) is 22.4 Å². The SMILES string of the molecule is Fc1ccc(-c2nnc(SCc3c(F)cccc3Cl)c3ccccc23)cc1. The van der Waals surface area contributed by atoms with Crippen molar-refractivity contribution in [1.82, 2.24) is 10.2 Å². The Morgan fingerprint density at radius 2 is 1.56 bits per heavy atom. The summed E-state index contributed by atoms with van der Waals surface area (Å²) >= 11 is 7.49. The summed E-state index contributed by atoms with van der Waals surface area (Å²) in [6.07, 6.45) is 0. The van der Waals surface area contributed by atoms with Crippen molar-refractivity contribution in [1.29, 1.82) is 0 Å². The number of thioether (sulfide) groups is 1. The summed E-state index contributed by atoms with van der Waals surface area (Å²) in [7, 11) is 0. The van der Waals surface area contributed by atoms with Crippen LogP contribution in [0.25, 0.3) is 22.0 Å². The zero-order valence-corrected chi connectivity index (χ0v) is 15.6. The molecule has 0 unspecified atom stereocenters. The van der Waals surface area contributed by atoms with Crippen LogP contribution in [0, 0.1) is 11.6 Å². The van der Waals surface area contributed by atoms with E-state index in [1.165, 1.54) is 30.0 Å². The summed E-state index contributed by atoms with van der Waals surface area (Å²) in [5.41, 5.74) is 1.91. The van der Waals surface area contributed by atoms with Crippen molar-refractivity contribution in [3.63, 3.8) is 0 Å². The van der Waals surface area contributed by atoms with Gasteiger partial charge in [-0.15, -0.1) is 10.2 Å². The molecule has 1 aromatic heterocycles. The summed E-state index contributed by atoms with van der Waals surface area (Å²) in [5.74, 6) is -0.291. The van der Waals surface area contributed by atoms with Crippen LogP contribution >= 0.6 is 23.4 Å². The molecule has 0 aliphatic carbocycles. The predicted molar refractivity (Wildman–Crippen MR) is 106 cm³/mol. The molecular weight excluding hydrogens is 386 g/mol. The lowest BCUT2D eigenvalue weighted by molar-refractivity contribution is 0.617. The monoisotopic (exact) mass is 398 g/mol. The van der Waals surface area contributed by atoms with Gasteiger partial charge in [0.25, 0.3) is 0 Å². The highest BCUT2D eigenvalue weighted by molar-refractivity contribution is 7.98. The van der Waals surface area contributed by atoms with E-state index in [1.54, 1.807) is 24.3 Å². The van der Waals surface area contributed by atoms with E-state index in [2.05, 4.69) is 10.2 Å². The van der Waals surface area contributed by atoms with Crippen molar-refractivity contribution in [2.24, 2.45) is 0 Å². The average Bonchev–Trinajstić information content (AvgIpc) is 2.68. The van der Waals surface area contributed by atoms with Gasteiger partial charge in [-0.2, -0.15) is 0 Å². The van der Waals surface area contributed by atoms with Crippen LogP contribution in [0.1, 0.15) is 5.56 Å². The van der Waals surface area contributed by atoms with Gasteiger partial charge in [0.2, 0.25) is 0 Å². The molecule has 0 N–H and O–H groups in total. The Kier molecular flexibility index (Phi) is 5.05. The normalized spacial score (nSPS) is 11.1. The van der Waals surface area contributed by atoms with Crippen LogP contribution in [0.4, 0.5) is 8.78 Å². The topological polar surface area (TPSA) is 25.8 Å². The standard InChI is InChI=1S/C21H13ClF2N2S/c22-18-6-3-7-19(24)17(18)12-27-21-16-5-2-1-4-15(16)20(25-26-21)13-8-10-14(23)11-9-13/h1-11H,12H2. The van der Waals surface area contributed by atoms with Gasteiger partial charge in [0.05, 0.1) is 0 Å². The Morgan fingerprint density at radius 1 is 0.815 bits per heavy atom. The molecule has 0 spiro atoms. The second-order valence-electron chi connectivity index (χ2n) is 5.90. The smallest absolute Gasteiger partial charge is 0.128 e. The molecule has 0 saturated carbocycles. The average molecular weight is 399 g/mol. The first-order chi connectivity index (χ1) is 13.1. The van der Waals surface area contributed by atoms with Gasteiger partial charge < -0.3 is 0 Å². The molecular formula is C21H13ClF2N2S. The Labute approximate surface area is 164 Å². The molecule has 0 fully saturated rings. The van der Waals surface area contributed by atoms with Crippen molar-refractivity contribution < 1.29 is 8.78 Å². The summed E-state index contributed by atoms with van der Waals surface area (Å²) in [4.78, 5) is 0. The van der Waals surface area contributed by atoms with Gasteiger partial charge in [-0.25, -0.2) is 8.78 Å². The van der Waals surface area contributed by atoms with Crippen LogP contribution in [0.15, 0.2) is 71.8 Å². The Balaban J connectivity index is 1.73. The third kappa shape index (κ3) is 3.66. The zero-order chi connectivity index (χ0) is 18.8. The summed E-state index contributed by atoms with van der Waals surface area (Å²) in [5, 5.41) is 11.6. The van der Waals surface area contributed by atoms with Crippen molar-refractivity contribution >= 4 is 34.1 Å². The van der Waals surface area contributed by atoms with E-state index in [4.69, 9.17) is 11.6 Å². The van der Waals surface area contributed by atoms with E-state index >= 15 is 0 Å². The van der Waals surface area contributed by atoms with Crippen LogP contribution in [-0.2, 0) is 5.75 Å². The van der Waals surface area contributed by atoms with Crippen LogP contribution in [-0.4, -0.2) is 10.2 Å². The van der Waals surface area contributed by atoms with Crippen LogP contribution in [0.5, 0.6) is 0 Å². The van der Waals surface area contributed by atoms with Crippen LogP contribution < -0.4 is 0 Å². The highest BCUT2D eigenvalue weighted by Crippen LogP contribution is 2.34. The molecule has 0 aliphatic heterocycles. The number of hydrogen-bond donors (Lipinski definition) is 0. The lowest BCUT2D eigenvalue weighted by atomic mass is 10.1. The molecule has 0 atom stereocenters. The highest BCUT2D eigenvalue weighted by Gasteiger charge is 2.13. The van der Waals surface area contributed by atoms with Gasteiger partial charge in [-0.05, 0) is 36.4 Å². The van der Waals surface area contributed by atoms with Gasteiger partial charge in [-0.3, -0.25) is 0 Å². The molecule has 3 aromatic carbocycles. The number of halogens is 3. The van der Waals surface area contributed by atoms with Crippen molar-refractivity contribution in [3.05, 3.63) is 89.0 Å². The molecule has 6 heteroatoms. The first kappa shape index (κ1) is 17.9. The van der Waals surface area contributed by atoms with Crippen molar-refractivity contribution in [3.8, 4) is 11.3 Å². The summed E-state index contributed by atoms with van der Waals surface area (Å²) in [6, 6.07) is 18.5. The maximum Gasteiger partial charge on any atom is 0.128 e. The van der Waals surface area contributed by atoms with Crippen LogP contribution in [0.2, 0.25) is 5.02 Å². The van der Waals surface area contributed by atoms with E-state index in [9.17, 15) is 8.78 Å². The molecule has 0 bridgehead atoms. The number of aromatic nitrogens is 2. The maximum absolute atomic E-state index is 14.0. The molecule has 27 heavy (non-hydrogen) atoms. The third-order valence-corrected chi connectivity index (χ3v) is 5.55. The number of benzene rings is 3. The zero-order valence-electron chi connectivity index (χ0n) is 14.0. The predicted octanol–water partition coefficient (Wildman–Crippen LogP) is 6.52. The fourth-order valence-corrected chi connectivity index (χ4v) is 4.13. The lowest BCUT2D eigenvalue weighted by Gasteiger charge is -2.10. The third-order valence-electron chi connectivity index (χ3n) is 4.19. The second kappa shape index (κ2) is 7.62. The quantitative estimate of drug-likeness (QED) is 0.366. The molecule has 0 saturated heterocycles. The Hall–Kier alpha value is -2.50. The van der Waals surface area contributed by atoms with Gasteiger partial charge in [0, 0.05) is 32.7 Å². The first-order valence-corrected chi connectivity index (χ1v) is 9.57. The second-order valence-corrected chi connectivity index (χ2v) is 7.27. The van der Waals surface area contributed by atoms with Gasteiger partial charge >= 0.3 is 0 Å². The van der Waals surface area contributed by atoms with Crippen molar-refractivity contribution in [2.75, 3.05) is 0 Å².